The molecule has 0 aromatic heterocycles. The van der Waals surface area contributed by atoms with Crippen molar-refractivity contribution >= 4 is 6.09 Å². The number of piperidine rings is 1. The SMILES string of the molecule is CC(C)(C)OC(=O)N1CCC(=CO)CC1. The van der Waals surface area contributed by atoms with E-state index in [2.05, 4.69) is 0 Å². The molecule has 1 saturated heterocycles. The number of hydrogen-bond donors (Lipinski definition) is 1. The van der Waals surface area contributed by atoms with Gasteiger partial charge in [-0.1, -0.05) is 0 Å². The van der Waals surface area contributed by atoms with Crippen LogP contribution in [0.4, 0.5) is 4.79 Å². The maximum atomic E-state index is 11.6. The molecule has 1 rings (SSSR count). The van der Waals surface area contributed by atoms with Crippen LogP contribution in [0, 0.1) is 0 Å². The standard InChI is InChI=1S/C11H19NO3/c1-11(2,3)15-10(14)12-6-4-9(8-13)5-7-12/h8,13H,4-7H2,1-3H3. The number of amides is 1. The number of aliphatic hydroxyl groups excluding tert-OH is 1. The van der Waals surface area contributed by atoms with Crippen LogP contribution in [0.5, 0.6) is 0 Å². The maximum absolute atomic E-state index is 11.6. The van der Waals surface area contributed by atoms with E-state index in [0.717, 1.165) is 24.7 Å². The van der Waals surface area contributed by atoms with Crippen molar-refractivity contribution in [3.8, 4) is 0 Å². The molecule has 1 fully saturated rings. The summed E-state index contributed by atoms with van der Waals surface area (Å²) in [4.78, 5) is 13.3. The maximum Gasteiger partial charge on any atom is 0.410 e. The first-order valence-electron chi connectivity index (χ1n) is 5.22. The van der Waals surface area contributed by atoms with Crippen LogP contribution < -0.4 is 0 Å². The Balaban J connectivity index is 2.43. The van der Waals surface area contributed by atoms with Crippen LogP contribution in [0.3, 0.4) is 0 Å². The summed E-state index contributed by atoms with van der Waals surface area (Å²) in [5.74, 6) is 0. The monoisotopic (exact) mass is 213 g/mol. The highest BCUT2D eigenvalue weighted by atomic mass is 16.6. The van der Waals surface area contributed by atoms with Gasteiger partial charge in [0.1, 0.15) is 5.60 Å². The van der Waals surface area contributed by atoms with Gasteiger partial charge in [-0.05, 0) is 39.2 Å². The van der Waals surface area contributed by atoms with E-state index < -0.39 is 5.60 Å². The topological polar surface area (TPSA) is 49.8 Å². The first-order valence-corrected chi connectivity index (χ1v) is 5.22. The van der Waals surface area contributed by atoms with Crippen LogP contribution in [0.25, 0.3) is 0 Å². The van der Waals surface area contributed by atoms with Crippen LogP contribution in [-0.2, 0) is 4.74 Å². The van der Waals surface area contributed by atoms with Gasteiger partial charge in [0, 0.05) is 13.1 Å². The first-order chi connectivity index (χ1) is 6.92. The Morgan fingerprint density at radius 1 is 1.40 bits per heavy atom. The van der Waals surface area contributed by atoms with Crippen molar-refractivity contribution in [3.63, 3.8) is 0 Å². The Kier molecular flexibility index (Phi) is 3.61. The lowest BCUT2D eigenvalue weighted by atomic mass is 10.1. The molecular weight excluding hydrogens is 194 g/mol. The molecule has 0 radical (unpaired) electrons. The lowest BCUT2D eigenvalue weighted by Crippen LogP contribution is -2.40. The minimum absolute atomic E-state index is 0.264. The Hall–Kier alpha value is -1.19. The van der Waals surface area contributed by atoms with Crippen LogP contribution in [-0.4, -0.2) is 34.8 Å². The predicted octanol–water partition coefficient (Wildman–Crippen LogP) is 2.46. The summed E-state index contributed by atoms with van der Waals surface area (Å²) in [7, 11) is 0. The van der Waals surface area contributed by atoms with Crippen molar-refractivity contribution in [1.82, 2.24) is 4.90 Å². The molecule has 1 aliphatic heterocycles. The zero-order chi connectivity index (χ0) is 11.5. The van der Waals surface area contributed by atoms with E-state index in [1.165, 1.54) is 0 Å². The van der Waals surface area contributed by atoms with Crippen molar-refractivity contribution in [2.75, 3.05) is 13.1 Å². The predicted molar refractivity (Wildman–Crippen MR) is 57.8 cm³/mol. The van der Waals surface area contributed by atoms with Crippen LogP contribution >= 0.6 is 0 Å². The van der Waals surface area contributed by atoms with Crippen molar-refractivity contribution in [1.29, 1.82) is 0 Å². The third-order valence-corrected chi connectivity index (χ3v) is 2.24. The molecule has 0 spiro atoms. The van der Waals surface area contributed by atoms with E-state index >= 15 is 0 Å². The average molecular weight is 213 g/mol. The number of ether oxygens (including phenoxy) is 1. The molecule has 1 aliphatic rings. The zero-order valence-corrected chi connectivity index (χ0v) is 9.62. The number of nitrogens with zero attached hydrogens (tertiary/aromatic N) is 1. The van der Waals surface area contributed by atoms with E-state index in [1.54, 1.807) is 4.90 Å². The third-order valence-electron chi connectivity index (χ3n) is 2.24. The van der Waals surface area contributed by atoms with Gasteiger partial charge in [0.25, 0.3) is 0 Å². The number of hydrogen-bond acceptors (Lipinski definition) is 3. The van der Waals surface area contributed by atoms with Crippen LogP contribution in [0.2, 0.25) is 0 Å². The van der Waals surface area contributed by atoms with Gasteiger partial charge in [0.2, 0.25) is 0 Å². The molecule has 0 aromatic carbocycles. The Morgan fingerprint density at radius 2 is 1.93 bits per heavy atom. The van der Waals surface area contributed by atoms with E-state index in [4.69, 9.17) is 9.84 Å². The van der Waals surface area contributed by atoms with Gasteiger partial charge in [-0.2, -0.15) is 0 Å². The van der Waals surface area contributed by atoms with E-state index in [1.807, 2.05) is 20.8 Å². The largest absolute Gasteiger partial charge is 0.516 e. The molecule has 0 saturated carbocycles. The molecule has 4 nitrogen and oxygen atoms in total. The molecule has 1 N–H and O–H groups in total. The molecular formula is C11H19NO3. The fourth-order valence-corrected chi connectivity index (χ4v) is 1.43. The van der Waals surface area contributed by atoms with E-state index in [-0.39, 0.29) is 6.09 Å². The molecule has 1 heterocycles. The van der Waals surface area contributed by atoms with Crippen molar-refractivity contribution in [2.45, 2.75) is 39.2 Å². The van der Waals surface area contributed by atoms with Crippen molar-refractivity contribution in [2.24, 2.45) is 0 Å². The van der Waals surface area contributed by atoms with Gasteiger partial charge in [-0.25, -0.2) is 4.79 Å². The number of rotatable bonds is 0. The summed E-state index contributed by atoms with van der Waals surface area (Å²) < 4.78 is 5.25. The Labute approximate surface area is 90.5 Å². The van der Waals surface area contributed by atoms with E-state index in [9.17, 15) is 4.79 Å². The van der Waals surface area contributed by atoms with Gasteiger partial charge in [0.15, 0.2) is 0 Å². The number of carbonyl (C=O) groups is 1. The molecule has 4 heteroatoms. The number of aliphatic hydroxyl groups is 1. The first kappa shape index (κ1) is 11.9. The Bertz CT molecular complexity index is 255. The van der Waals surface area contributed by atoms with Crippen LogP contribution in [0.15, 0.2) is 11.8 Å². The highest BCUT2D eigenvalue weighted by Crippen LogP contribution is 2.18. The van der Waals surface area contributed by atoms with Gasteiger partial charge >= 0.3 is 6.09 Å². The molecule has 0 unspecified atom stereocenters. The smallest absolute Gasteiger partial charge is 0.410 e. The average Bonchev–Trinajstić information content (AvgIpc) is 2.15. The molecule has 15 heavy (non-hydrogen) atoms. The Morgan fingerprint density at radius 3 is 2.33 bits per heavy atom. The minimum Gasteiger partial charge on any atom is -0.516 e. The highest BCUT2D eigenvalue weighted by Gasteiger charge is 2.24. The van der Waals surface area contributed by atoms with Gasteiger partial charge < -0.3 is 14.7 Å². The van der Waals surface area contributed by atoms with Crippen molar-refractivity contribution < 1.29 is 14.6 Å². The molecule has 86 valence electrons. The second-order valence-electron chi connectivity index (χ2n) is 4.75. The fraction of sp³-hybridized carbons (Fsp3) is 0.727. The van der Waals surface area contributed by atoms with Crippen LogP contribution in [0.1, 0.15) is 33.6 Å². The molecule has 0 aliphatic carbocycles. The van der Waals surface area contributed by atoms with Gasteiger partial charge in [0.05, 0.1) is 6.26 Å². The summed E-state index contributed by atoms with van der Waals surface area (Å²) >= 11 is 0. The number of carbonyl (C=O) groups excluding carboxylic acids is 1. The molecule has 0 atom stereocenters. The second-order valence-corrected chi connectivity index (χ2v) is 4.75. The normalized spacial score (nSPS) is 17.5. The van der Waals surface area contributed by atoms with Crippen molar-refractivity contribution in [3.05, 3.63) is 11.8 Å². The fourth-order valence-electron chi connectivity index (χ4n) is 1.43. The van der Waals surface area contributed by atoms with E-state index in [0.29, 0.717) is 13.1 Å². The third kappa shape index (κ3) is 3.81. The lowest BCUT2D eigenvalue weighted by Gasteiger charge is -2.30. The molecule has 1 amide bonds. The summed E-state index contributed by atoms with van der Waals surface area (Å²) in [6.45, 7) is 6.82. The quantitative estimate of drug-likeness (QED) is 0.629. The summed E-state index contributed by atoms with van der Waals surface area (Å²) in [5, 5.41) is 8.81. The summed E-state index contributed by atoms with van der Waals surface area (Å²) in [6, 6.07) is 0. The minimum atomic E-state index is -0.440. The number of likely N-dealkylation sites (tertiary alicyclic amines) is 1. The summed E-state index contributed by atoms with van der Waals surface area (Å²) in [5.41, 5.74) is 0.555. The highest BCUT2D eigenvalue weighted by molar-refractivity contribution is 5.68. The zero-order valence-electron chi connectivity index (χ0n) is 9.62. The molecule has 0 bridgehead atoms. The lowest BCUT2D eigenvalue weighted by molar-refractivity contribution is 0.0235. The molecule has 0 aromatic rings. The van der Waals surface area contributed by atoms with Gasteiger partial charge in [-0.3, -0.25) is 0 Å². The summed E-state index contributed by atoms with van der Waals surface area (Å²) in [6.07, 6.45) is 2.34. The second kappa shape index (κ2) is 4.55. The van der Waals surface area contributed by atoms with Gasteiger partial charge in [-0.15, -0.1) is 0 Å².